The van der Waals surface area contributed by atoms with Gasteiger partial charge in [0.15, 0.2) is 0 Å². The Bertz CT molecular complexity index is 496. The SMILES string of the molecule is CC.CCN1C/C=C\C/C=C\C(C)C(C)(C)c2ccccc21. The Morgan fingerprint density at radius 1 is 1.09 bits per heavy atom. The lowest BCUT2D eigenvalue weighted by molar-refractivity contribution is 0.409. The van der Waals surface area contributed by atoms with Gasteiger partial charge in [0.05, 0.1) is 0 Å². The van der Waals surface area contributed by atoms with E-state index >= 15 is 0 Å². The fourth-order valence-electron chi connectivity index (χ4n) is 2.84. The second-order valence-electron chi connectivity index (χ2n) is 6.20. The van der Waals surface area contributed by atoms with E-state index in [9.17, 15) is 0 Å². The minimum Gasteiger partial charge on any atom is -0.368 e. The number of fused-ring (bicyclic) bond motifs is 1. The van der Waals surface area contributed by atoms with Crippen molar-refractivity contribution in [3.8, 4) is 0 Å². The van der Waals surface area contributed by atoms with E-state index in [0.717, 1.165) is 19.5 Å². The fourth-order valence-corrected chi connectivity index (χ4v) is 2.84. The van der Waals surface area contributed by atoms with Gasteiger partial charge in [0.2, 0.25) is 0 Å². The molecule has 0 saturated heterocycles. The lowest BCUT2D eigenvalue weighted by Crippen LogP contribution is -2.31. The second kappa shape index (κ2) is 8.82. The summed E-state index contributed by atoms with van der Waals surface area (Å²) in [6.45, 7) is 15.3. The Kier molecular flexibility index (Phi) is 7.44. The summed E-state index contributed by atoms with van der Waals surface area (Å²) in [5.74, 6) is 0.522. The standard InChI is InChI=1S/C19H27N.C2H6/c1-5-20-15-11-7-6-8-12-16(2)19(3,4)17-13-9-10-14-18(17)20;1-2/h7-14,16H,5-6,15H2,1-4H3;1-2H3/b11-7-,12-8-;. The molecule has 0 amide bonds. The summed E-state index contributed by atoms with van der Waals surface area (Å²) in [5, 5.41) is 0. The first-order chi connectivity index (χ1) is 10.6. The summed E-state index contributed by atoms with van der Waals surface area (Å²) >= 11 is 0. The number of benzene rings is 1. The van der Waals surface area contributed by atoms with E-state index in [4.69, 9.17) is 0 Å². The third-order valence-corrected chi connectivity index (χ3v) is 4.65. The largest absolute Gasteiger partial charge is 0.368 e. The molecule has 0 saturated carbocycles. The van der Waals surface area contributed by atoms with Crippen LogP contribution < -0.4 is 4.90 Å². The number of hydrogen-bond donors (Lipinski definition) is 0. The maximum absolute atomic E-state index is 2.46. The van der Waals surface area contributed by atoms with Crippen molar-refractivity contribution in [1.82, 2.24) is 0 Å². The highest BCUT2D eigenvalue weighted by atomic mass is 15.1. The van der Waals surface area contributed by atoms with Crippen molar-refractivity contribution < 1.29 is 0 Å². The van der Waals surface area contributed by atoms with E-state index in [1.165, 1.54) is 11.3 Å². The molecule has 1 heteroatoms. The Morgan fingerprint density at radius 2 is 1.77 bits per heavy atom. The molecular weight excluding hydrogens is 266 g/mol. The van der Waals surface area contributed by atoms with Crippen LogP contribution >= 0.6 is 0 Å². The van der Waals surface area contributed by atoms with Crippen LogP contribution in [0.3, 0.4) is 0 Å². The molecule has 0 fully saturated rings. The van der Waals surface area contributed by atoms with Crippen molar-refractivity contribution in [2.24, 2.45) is 5.92 Å². The van der Waals surface area contributed by atoms with E-state index in [0.29, 0.717) is 5.92 Å². The van der Waals surface area contributed by atoms with Gasteiger partial charge in [-0.3, -0.25) is 0 Å². The third kappa shape index (κ3) is 4.25. The highest BCUT2D eigenvalue weighted by Gasteiger charge is 2.29. The first-order valence-electron chi connectivity index (χ1n) is 8.73. The molecule has 1 aromatic rings. The zero-order chi connectivity index (χ0) is 16.6. The number of hydrogen-bond acceptors (Lipinski definition) is 1. The predicted molar refractivity (Wildman–Crippen MR) is 101 cm³/mol. The van der Waals surface area contributed by atoms with Crippen LogP contribution in [-0.2, 0) is 5.41 Å². The van der Waals surface area contributed by atoms with Crippen molar-refractivity contribution in [2.45, 2.75) is 53.4 Å². The molecule has 0 spiro atoms. The van der Waals surface area contributed by atoms with Gasteiger partial charge in [-0.05, 0) is 36.3 Å². The lowest BCUT2D eigenvalue weighted by Gasteiger charge is -2.35. The van der Waals surface area contributed by atoms with Gasteiger partial charge in [-0.25, -0.2) is 0 Å². The molecule has 2 rings (SSSR count). The molecule has 1 nitrogen and oxygen atoms in total. The second-order valence-corrected chi connectivity index (χ2v) is 6.20. The first kappa shape index (κ1) is 18.5. The van der Waals surface area contributed by atoms with Crippen LogP contribution in [0.5, 0.6) is 0 Å². The molecular formula is C21H33N. The van der Waals surface area contributed by atoms with Crippen LogP contribution in [-0.4, -0.2) is 13.1 Å². The Morgan fingerprint density at radius 3 is 2.45 bits per heavy atom. The number of rotatable bonds is 1. The number of anilines is 1. The molecule has 1 heterocycles. The molecule has 1 unspecified atom stereocenters. The average molecular weight is 300 g/mol. The molecule has 22 heavy (non-hydrogen) atoms. The fraction of sp³-hybridized carbons (Fsp3) is 0.524. The molecule has 0 aromatic heterocycles. The molecule has 1 atom stereocenters. The maximum Gasteiger partial charge on any atom is 0.0407 e. The number of para-hydroxylation sites is 1. The molecule has 1 aliphatic heterocycles. The normalized spacial score (nSPS) is 23.4. The summed E-state index contributed by atoms with van der Waals surface area (Å²) in [6, 6.07) is 8.88. The molecule has 1 aromatic carbocycles. The Hall–Kier alpha value is -1.50. The summed E-state index contributed by atoms with van der Waals surface area (Å²) in [5.41, 5.74) is 2.98. The highest BCUT2D eigenvalue weighted by Crippen LogP contribution is 2.38. The molecule has 122 valence electrons. The van der Waals surface area contributed by atoms with E-state index < -0.39 is 0 Å². The van der Waals surface area contributed by atoms with Crippen molar-refractivity contribution in [2.75, 3.05) is 18.0 Å². The quantitative estimate of drug-likeness (QED) is 0.577. The van der Waals surface area contributed by atoms with Crippen molar-refractivity contribution in [3.05, 3.63) is 54.1 Å². The smallest absolute Gasteiger partial charge is 0.0407 e. The first-order valence-corrected chi connectivity index (χ1v) is 8.73. The van der Waals surface area contributed by atoms with Gasteiger partial charge in [-0.2, -0.15) is 0 Å². The van der Waals surface area contributed by atoms with Crippen LogP contribution in [0.15, 0.2) is 48.6 Å². The predicted octanol–water partition coefficient (Wildman–Crippen LogP) is 5.97. The van der Waals surface area contributed by atoms with Gasteiger partial charge in [-0.1, -0.05) is 77.1 Å². The van der Waals surface area contributed by atoms with E-state index in [2.05, 4.69) is 81.2 Å². The average Bonchev–Trinajstić information content (AvgIpc) is 2.57. The number of likely N-dealkylation sites (N-methyl/N-ethyl adjacent to an activating group) is 1. The Labute approximate surface area is 137 Å². The molecule has 0 bridgehead atoms. The van der Waals surface area contributed by atoms with E-state index in [1.54, 1.807) is 0 Å². The van der Waals surface area contributed by atoms with Crippen molar-refractivity contribution in [1.29, 1.82) is 0 Å². The molecule has 0 radical (unpaired) electrons. The Balaban J connectivity index is 0.00000116. The van der Waals surface area contributed by atoms with Gasteiger partial charge in [0, 0.05) is 18.8 Å². The number of allylic oxidation sites excluding steroid dienone is 3. The summed E-state index contributed by atoms with van der Waals surface area (Å²) < 4.78 is 0. The topological polar surface area (TPSA) is 3.24 Å². The van der Waals surface area contributed by atoms with Crippen LogP contribution in [0, 0.1) is 5.92 Å². The number of nitrogens with zero attached hydrogens (tertiary/aromatic N) is 1. The van der Waals surface area contributed by atoms with E-state index in [-0.39, 0.29) is 5.41 Å². The minimum absolute atomic E-state index is 0.144. The van der Waals surface area contributed by atoms with Gasteiger partial charge in [-0.15, -0.1) is 0 Å². The zero-order valence-electron chi connectivity index (χ0n) is 15.3. The summed E-state index contributed by atoms with van der Waals surface area (Å²) in [4.78, 5) is 2.46. The van der Waals surface area contributed by atoms with Crippen LogP contribution in [0.2, 0.25) is 0 Å². The zero-order valence-corrected chi connectivity index (χ0v) is 15.3. The third-order valence-electron chi connectivity index (χ3n) is 4.65. The minimum atomic E-state index is 0.144. The van der Waals surface area contributed by atoms with Crippen LogP contribution in [0.4, 0.5) is 5.69 Å². The molecule has 1 aliphatic rings. The highest BCUT2D eigenvalue weighted by molar-refractivity contribution is 5.57. The monoisotopic (exact) mass is 299 g/mol. The van der Waals surface area contributed by atoms with E-state index in [1.807, 2.05) is 13.8 Å². The summed E-state index contributed by atoms with van der Waals surface area (Å²) in [7, 11) is 0. The van der Waals surface area contributed by atoms with Crippen molar-refractivity contribution in [3.63, 3.8) is 0 Å². The van der Waals surface area contributed by atoms with Gasteiger partial charge >= 0.3 is 0 Å². The lowest BCUT2D eigenvalue weighted by atomic mass is 9.73. The van der Waals surface area contributed by atoms with Gasteiger partial charge < -0.3 is 4.90 Å². The van der Waals surface area contributed by atoms with Gasteiger partial charge in [0.1, 0.15) is 0 Å². The van der Waals surface area contributed by atoms with Crippen LogP contribution in [0.25, 0.3) is 0 Å². The molecule has 0 aliphatic carbocycles. The maximum atomic E-state index is 2.46. The van der Waals surface area contributed by atoms with Gasteiger partial charge in [0.25, 0.3) is 0 Å². The van der Waals surface area contributed by atoms with Crippen molar-refractivity contribution >= 4 is 5.69 Å². The summed E-state index contributed by atoms with van der Waals surface area (Å²) in [6.07, 6.45) is 10.3. The van der Waals surface area contributed by atoms with Crippen LogP contribution in [0.1, 0.15) is 53.5 Å². The molecule has 0 N–H and O–H groups in total.